The molecule has 1 aliphatic rings. The molecule has 0 aliphatic carbocycles. The van der Waals surface area contributed by atoms with Gasteiger partial charge in [0.1, 0.15) is 6.17 Å². The van der Waals surface area contributed by atoms with E-state index in [4.69, 9.17) is 4.74 Å². The van der Waals surface area contributed by atoms with Crippen molar-refractivity contribution in [2.75, 3.05) is 18.5 Å². The largest absolute Gasteiger partial charge is 0.381 e. The highest BCUT2D eigenvalue weighted by molar-refractivity contribution is 9.09. The highest BCUT2D eigenvalue weighted by Crippen LogP contribution is 2.20. The van der Waals surface area contributed by atoms with E-state index < -0.39 is 6.17 Å². The minimum atomic E-state index is -0.688. The van der Waals surface area contributed by atoms with Crippen LogP contribution in [-0.4, -0.2) is 24.7 Å². The maximum atomic E-state index is 12.7. The van der Waals surface area contributed by atoms with Gasteiger partial charge in [0, 0.05) is 18.5 Å². The minimum Gasteiger partial charge on any atom is -0.381 e. The van der Waals surface area contributed by atoms with Crippen molar-refractivity contribution in [1.82, 2.24) is 0 Å². The van der Waals surface area contributed by atoms with Crippen LogP contribution >= 0.6 is 15.9 Å². The molecule has 0 spiro atoms. The van der Waals surface area contributed by atoms with Gasteiger partial charge in [0.25, 0.3) is 0 Å². The second-order valence-electron chi connectivity index (χ2n) is 2.72. The summed E-state index contributed by atoms with van der Waals surface area (Å²) in [7, 11) is 0. The summed E-state index contributed by atoms with van der Waals surface area (Å²) < 4.78 is 17.8. The molecule has 1 heterocycles. The van der Waals surface area contributed by atoms with Crippen molar-refractivity contribution in [3.63, 3.8) is 0 Å². The van der Waals surface area contributed by atoms with E-state index in [2.05, 4.69) is 15.9 Å². The van der Waals surface area contributed by atoms with Gasteiger partial charge in [-0.2, -0.15) is 0 Å². The van der Waals surface area contributed by atoms with Crippen molar-refractivity contribution >= 4 is 15.9 Å². The smallest absolute Gasteiger partial charge is 0.110 e. The van der Waals surface area contributed by atoms with Gasteiger partial charge in [0.05, 0.1) is 0 Å². The molecule has 1 fully saturated rings. The van der Waals surface area contributed by atoms with E-state index in [0.717, 1.165) is 19.6 Å². The van der Waals surface area contributed by atoms with Crippen LogP contribution in [0.15, 0.2) is 0 Å². The predicted octanol–water partition coefficient (Wildman–Crippen LogP) is 2.15. The number of halogens is 2. The lowest BCUT2D eigenvalue weighted by atomic mass is 10.0. The standard InChI is InChI=1S/C7H12BrFO/c8-4-7(9)3-6-1-2-10-5-6/h6-7H,1-5H2/t6-,7-/m1/s1. The molecule has 0 aromatic rings. The first-order valence-corrected chi connectivity index (χ1v) is 4.73. The van der Waals surface area contributed by atoms with E-state index >= 15 is 0 Å². The van der Waals surface area contributed by atoms with E-state index in [1.165, 1.54) is 0 Å². The van der Waals surface area contributed by atoms with Crippen molar-refractivity contribution in [2.24, 2.45) is 5.92 Å². The van der Waals surface area contributed by atoms with Crippen LogP contribution in [0.3, 0.4) is 0 Å². The molecule has 1 rings (SSSR count). The zero-order valence-corrected chi connectivity index (χ0v) is 7.44. The monoisotopic (exact) mass is 210 g/mol. The number of hydrogen-bond acceptors (Lipinski definition) is 1. The van der Waals surface area contributed by atoms with Gasteiger partial charge in [-0.15, -0.1) is 0 Å². The molecular weight excluding hydrogens is 199 g/mol. The maximum absolute atomic E-state index is 12.7. The highest BCUT2D eigenvalue weighted by atomic mass is 79.9. The summed E-state index contributed by atoms with van der Waals surface area (Å²) in [5, 5.41) is 0.462. The van der Waals surface area contributed by atoms with Crippen LogP contribution < -0.4 is 0 Å². The Balaban J connectivity index is 2.11. The molecule has 0 unspecified atom stereocenters. The summed E-state index contributed by atoms with van der Waals surface area (Å²) in [6.07, 6.45) is 1.00. The molecule has 1 saturated heterocycles. The van der Waals surface area contributed by atoms with Crippen LogP contribution in [0, 0.1) is 5.92 Å². The molecule has 2 atom stereocenters. The third-order valence-corrected chi connectivity index (χ3v) is 2.48. The van der Waals surface area contributed by atoms with Crippen molar-refractivity contribution < 1.29 is 9.13 Å². The quantitative estimate of drug-likeness (QED) is 0.650. The fourth-order valence-corrected chi connectivity index (χ4v) is 1.46. The van der Waals surface area contributed by atoms with Crippen molar-refractivity contribution in [2.45, 2.75) is 19.0 Å². The van der Waals surface area contributed by atoms with Crippen molar-refractivity contribution in [1.29, 1.82) is 0 Å². The molecule has 0 aromatic carbocycles. The molecule has 10 heavy (non-hydrogen) atoms. The minimum absolute atomic E-state index is 0.462. The van der Waals surface area contributed by atoms with Gasteiger partial charge in [-0.3, -0.25) is 0 Å². The zero-order chi connectivity index (χ0) is 7.40. The zero-order valence-electron chi connectivity index (χ0n) is 5.85. The maximum Gasteiger partial charge on any atom is 0.110 e. The van der Waals surface area contributed by atoms with Crippen LogP contribution in [0.1, 0.15) is 12.8 Å². The van der Waals surface area contributed by atoms with Gasteiger partial charge >= 0.3 is 0 Å². The number of hydrogen-bond donors (Lipinski definition) is 0. The summed E-state index contributed by atoms with van der Waals surface area (Å²) in [4.78, 5) is 0. The highest BCUT2D eigenvalue weighted by Gasteiger charge is 2.19. The predicted molar refractivity (Wildman–Crippen MR) is 42.2 cm³/mol. The first-order valence-electron chi connectivity index (χ1n) is 3.60. The Bertz CT molecular complexity index is 93.6. The fraction of sp³-hybridized carbons (Fsp3) is 1.00. The Hall–Kier alpha value is 0.370. The molecule has 3 heteroatoms. The van der Waals surface area contributed by atoms with Crippen LogP contribution in [0.25, 0.3) is 0 Å². The Kier molecular flexibility index (Phi) is 3.63. The molecule has 0 radical (unpaired) electrons. The summed E-state index contributed by atoms with van der Waals surface area (Å²) in [5.74, 6) is 0.465. The summed E-state index contributed by atoms with van der Waals surface area (Å²) in [5.41, 5.74) is 0. The lowest BCUT2D eigenvalue weighted by Crippen LogP contribution is -2.10. The Labute approximate surface area is 69.1 Å². The SMILES string of the molecule is F[C@@H](CBr)C[C@H]1CCOC1. The van der Waals surface area contributed by atoms with Gasteiger partial charge in [0.15, 0.2) is 0 Å². The first kappa shape index (κ1) is 8.47. The third-order valence-electron chi connectivity index (χ3n) is 1.78. The Morgan fingerprint density at radius 1 is 1.70 bits per heavy atom. The molecule has 0 N–H and O–H groups in total. The van der Waals surface area contributed by atoms with Gasteiger partial charge in [0.2, 0.25) is 0 Å². The van der Waals surface area contributed by atoms with Crippen LogP contribution in [0.4, 0.5) is 4.39 Å². The molecule has 1 aliphatic heterocycles. The average molecular weight is 211 g/mol. The summed E-state index contributed by atoms with van der Waals surface area (Å²) >= 11 is 3.11. The molecule has 0 aromatic heterocycles. The number of alkyl halides is 2. The molecule has 0 saturated carbocycles. The second kappa shape index (κ2) is 4.29. The molecule has 0 amide bonds. The van der Waals surface area contributed by atoms with Crippen LogP contribution in [-0.2, 0) is 4.74 Å². The summed E-state index contributed by atoms with van der Waals surface area (Å²) in [6, 6.07) is 0. The van der Waals surface area contributed by atoms with E-state index in [0.29, 0.717) is 17.7 Å². The Morgan fingerprint density at radius 2 is 2.50 bits per heavy atom. The van der Waals surface area contributed by atoms with Gasteiger partial charge < -0.3 is 4.74 Å². The molecular formula is C7H12BrFO. The number of rotatable bonds is 3. The Morgan fingerprint density at radius 3 is 3.00 bits per heavy atom. The van der Waals surface area contributed by atoms with Crippen LogP contribution in [0.5, 0.6) is 0 Å². The lowest BCUT2D eigenvalue weighted by Gasteiger charge is -2.08. The van der Waals surface area contributed by atoms with Crippen LogP contribution in [0.2, 0.25) is 0 Å². The van der Waals surface area contributed by atoms with Gasteiger partial charge in [-0.25, -0.2) is 4.39 Å². The third kappa shape index (κ3) is 2.54. The van der Waals surface area contributed by atoms with Crippen molar-refractivity contribution in [3.05, 3.63) is 0 Å². The van der Waals surface area contributed by atoms with Gasteiger partial charge in [-0.05, 0) is 18.8 Å². The molecule has 60 valence electrons. The number of ether oxygens (including phenoxy) is 1. The molecule has 0 bridgehead atoms. The van der Waals surface area contributed by atoms with Crippen molar-refractivity contribution in [3.8, 4) is 0 Å². The van der Waals surface area contributed by atoms with Gasteiger partial charge in [-0.1, -0.05) is 15.9 Å². The fourth-order valence-electron chi connectivity index (χ4n) is 1.19. The van der Waals surface area contributed by atoms with E-state index in [-0.39, 0.29) is 0 Å². The second-order valence-corrected chi connectivity index (χ2v) is 3.36. The van der Waals surface area contributed by atoms with E-state index in [9.17, 15) is 4.39 Å². The topological polar surface area (TPSA) is 9.23 Å². The first-order chi connectivity index (χ1) is 4.83. The van der Waals surface area contributed by atoms with E-state index in [1.807, 2.05) is 0 Å². The molecule has 1 nitrogen and oxygen atoms in total. The van der Waals surface area contributed by atoms with E-state index in [1.54, 1.807) is 0 Å². The lowest BCUT2D eigenvalue weighted by molar-refractivity contribution is 0.176. The normalized spacial score (nSPS) is 28.8. The average Bonchev–Trinajstić information content (AvgIpc) is 2.40. The summed E-state index contributed by atoms with van der Waals surface area (Å²) in [6.45, 7) is 1.58.